The number of β-amino-alcohol motifs (C(OH)–C–C–N with tert-alkyl or cyclic N) is 2. The summed E-state index contributed by atoms with van der Waals surface area (Å²) >= 11 is 0. The van der Waals surface area contributed by atoms with Crippen molar-refractivity contribution >= 4 is 0 Å². The predicted octanol–water partition coefficient (Wildman–Crippen LogP) is 3.57. The smallest absolute Gasteiger partial charge is 0.137 e. The minimum absolute atomic E-state index is 0.0298. The first-order valence-electron chi connectivity index (χ1n) is 11.9. The molecule has 0 bridgehead atoms. The Bertz CT molecular complexity index is 874. The summed E-state index contributed by atoms with van der Waals surface area (Å²) < 4.78 is 5.91. The van der Waals surface area contributed by atoms with Gasteiger partial charge in [0.1, 0.15) is 18.0 Å². The molecular weight excluding hydrogens is 402 g/mol. The van der Waals surface area contributed by atoms with Crippen molar-refractivity contribution in [1.29, 1.82) is 0 Å². The Morgan fingerprint density at radius 1 is 0.969 bits per heavy atom. The van der Waals surface area contributed by atoms with Crippen molar-refractivity contribution in [3.05, 3.63) is 65.2 Å². The van der Waals surface area contributed by atoms with E-state index >= 15 is 0 Å². The fourth-order valence-electron chi connectivity index (χ4n) is 5.43. The summed E-state index contributed by atoms with van der Waals surface area (Å²) in [5.74, 6) is 1.21. The van der Waals surface area contributed by atoms with Gasteiger partial charge in [-0.25, -0.2) is 0 Å². The molecule has 2 aromatic rings. The van der Waals surface area contributed by atoms with Crippen LogP contribution in [0.15, 0.2) is 48.5 Å². The highest BCUT2D eigenvalue weighted by atomic mass is 16.5. The SMILES string of the molecule is Cc1cc(C)cc(OC[C@@]2(O)CN(CC3(O)CCC(c4ccccc4)CC3)CC[C@@H]2O)c1. The molecule has 0 aromatic heterocycles. The average Bonchev–Trinajstić information content (AvgIpc) is 2.75. The molecule has 2 aliphatic rings. The molecule has 32 heavy (non-hydrogen) atoms. The van der Waals surface area contributed by atoms with Crippen LogP contribution >= 0.6 is 0 Å². The number of hydrogen-bond acceptors (Lipinski definition) is 5. The van der Waals surface area contributed by atoms with Gasteiger partial charge < -0.3 is 20.1 Å². The maximum Gasteiger partial charge on any atom is 0.137 e. The summed E-state index contributed by atoms with van der Waals surface area (Å²) in [5, 5.41) is 33.0. The van der Waals surface area contributed by atoms with Crippen molar-refractivity contribution in [2.75, 3.05) is 26.2 Å². The number of aliphatic hydroxyl groups is 3. The van der Waals surface area contributed by atoms with Crippen molar-refractivity contribution in [3.63, 3.8) is 0 Å². The van der Waals surface area contributed by atoms with E-state index in [1.54, 1.807) is 0 Å². The minimum Gasteiger partial charge on any atom is -0.490 e. The Morgan fingerprint density at radius 2 is 1.62 bits per heavy atom. The van der Waals surface area contributed by atoms with Gasteiger partial charge in [-0.3, -0.25) is 4.90 Å². The molecule has 3 N–H and O–H groups in total. The van der Waals surface area contributed by atoms with Gasteiger partial charge in [0.15, 0.2) is 0 Å². The number of ether oxygens (including phenoxy) is 1. The number of aryl methyl sites for hydroxylation is 2. The quantitative estimate of drug-likeness (QED) is 0.642. The second-order valence-electron chi connectivity index (χ2n) is 10.1. The molecule has 1 aliphatic carbocycles. The number of benzene rings is 2. The zero-order chi connectivity index (χ0) is 22.8. The molecule has 0 radical (unpaired) electrons. The lowest BCUT2D eigenvalue weighted by Gasteiger charge is -2.46. The summed E-state index contributed by atoms with van der Waals surface area (Å²) in [4.78, 5) is 2.10. The zero-order valence-corrected chi connectivity index (χ0v) is 19.3. The van der Waals surface area contributed by atoms with Gasteiger partial charge in [-0.05, 0) is 80.7 Å². The molecule has 4 rings (SSSR count). The molecule has 0 unspecified atom stereocenters. The summed E-state index contributed by atoms with van der Waals surface area (Å²) in [6.45, 7) is 5.54. The molecule has 2 atom stereocenters. The Labute approximate surface area is 191 Å². The Morgan fingerprint density at radius 3 is 2.28 bits per heavy atom. The van der Waals surface area contributed by atoms with Crippen LogP contribution in [0.3, 0.4) is 0 Å². The van der Waals surface area contributed by atoms with Crippen molar-refractivity contribution in [3.8, 4) is 5.75 Å². The van der Waals surface area contributed by atoms with Crippen LogP contribution in [0.25, 0.3) is 0 Å². The van der Waals surface area contributed by atoms with Gasteiger partial charge in [0.25, 0.3) is 0 Å². The molecular formula is C27H37NO4. The van der Waals surface area contributed by atoms with E-state index in [9.17, 15) is 15.3 Å². The van der Waals surface area contributed by atoms with E-state index in [4.69, 9.17) is 4.74 Å². The van der Waals surface area contributed by atoms with Crippen LogP contribution in [-0.2, 0) is 0 Å². The van der Waals surface area contributed by atoms with E-state index in [0.29, 0.717) is 37.7 Å². The number of hydrogen-bond donors (Lipinski definition) is 3. The van der Waals surface area contributed by atoms with Gasteiger partial charge in [0.05, 0.1) is 11.7 Å². The Balaban J connectivity index is 1.34. The van der Waals surface area contributed by atoms with E-state index < -0.39 is 17.3 Å². The first-order chi connectivity index (χ1) is 15.2. The second-order valence-corrected chi connectivity index (χ2v) is 10.1. The van der Waals surface area contributed by atoms with Crippen molar-refractivity contribution in [2.45, 2.75) is 69.2 Å². The highest BCUT2D eigenvalue weighted by Gasteiger charge is 2.44. The lowest BCUT2D eigenvalue weighted by Crippen LogP contribution is -2.62. The highest BCUT2D eigenvalue weighted by Crippen LogP contribution is 2.39. The van der Waals surface area contributed by atoms with Crippen LogP contribution in [0.1, 0.15) is 54.7 Å². The third kappa shape index (κ3) is 5.52. The number of likely N-dealkylation sites (tertiary alicyclic amines) is 1. The Kier molecular flexibility index (Phi) is 6.91. The van der Waals surface area contributed by atoms with E-state index in [0.717, 1.165) is 36.8 Å². The molecule has 1 heterocycles. The van der Waals surface area contributed by atoms with Crippen molar-refractivity contribution in [2.24, 2.45) is 0 Å². The number of nitrogens with zero attached hydrogens (tertiary/aromatic N) is 1. The normalized spacial score (nSPS) is 31.4. The van der Waals surface area contributed by atoms with Crippen LogP contribution in [0.4, 0.5) is 0 Å². The van der Waals surface area contributed by atoms with Crippen LogP contribution < -0.4 is 4.74 Å². The first kappa shape index (κ1) is 23.2. The molecule has 0 amide bonds. The van der Waals surface area contributed by atoms with Gasteiger partial charge in [0, 0.05) is 19.6 Å². The summed E-state index contributed by atoms with van der Waals surface area (Å²) in [6, 6.07) is 16.5. The third-order valence-corrected chi connectivity index (χ3v) is 7.23. The van der Waals surface area contributed by atoms with Crippen LogP contribution in [0.2, 0.25) is 0 Å². The molecule has 1 saturated carbocycles. The van der Waals surface area contributed by atoms with E-state index in [2.05, 4.69) is 35.2 Å². The largest absolute Gasteiger partial charge is 0.490 e. The maximum absolute atomic E-state index is 11.3. The van der Waals surface area contributed by atoms with Gasteiger partial charge in [-0.1, -0.05) is 36.4 Å². The zero-order valence-electron chi connectivity index (χ0n) is 19.3. The fourth-order valence-corrected chi connectivity index (χ4v) is 5.43. The van der Waals surface area contributed by atoms with Gasteiger partial charge in [-0.15, -0.1) is 0 Å². The third-order valence-electron chi connectivity index (χ3n) is 7.23. The molecule has 2 aromatic carbocycles. The monoisotopic (exact) mass is 439 g/mol. The fraction of sp³-hybridized carbons (Fsp3) is 0.556. The molecule has 0 spiro atoms. The highest BCUT2D eigenvalue weighted by molar-refractivity contribution is 5.33. The molecule has 5 nitrogen and oxygen atoms in total. The van der Waals surface area contributed by atoms with Crippen LogP contribution in [0.5, 0.6) is 5.75 Å². The van der Waals surface area contributed by atoms with E-state index in [1.165, 1.54) is 5.56 Å². The molecule has 1 saturated heterocycles. The van der Waals surface area contributed by atoms with Crippen molar-refractivity contribution in [1.82, 2.24) is 4.90 Å². The lowest BCUT2D eigenvalue weighted by molar-refractivity contribution is -0.150. The minimum atomic E-state index is -1.35. The molecule has 174 valence electrons. The molecule has 1 aliphatic heterocycles. The first-order valence-corrected chi connectivity index (χ1v) is 11.9. The van der Waals surface area contributed by atoms with Gasteiger partial charge in [0.2, 0.25) is 0 Å². The lowest BCUT2D eigenvalue weighted by atomic mass is 9.75. The number of aliphatic hydroxyl groups excluding tert-OH is 1. The second kappa shape index (κ2) is 9.52. The standard InChI is InChI=1S/C27H37NO4/c1-20-14-21(2)16-24(15-20)32-19-27(31)18-28(13-10-25(27)29)17-26(30)11-8-23(9-12-26)22-6-4-3-5-7-22/h3-7,14-16,23,25,29-31H,8-13,17-19H2,1-2H3/t23?,25-,26?,27-/m0/s1. The number of rotatable bonds is 6. The van der Waals surface area contributed by atoms with Crippen molar-refractivity contribution < 1.29 is 20.1 Å². The van der Waals surface area contributed by atoms with Gasteiger partial charge in [-0.2, -0.15) is 0 Å². The number of piperidine rings is 1. The van der Waals surface area contributed by atoms with E-state index in [1.807, 2.05) is 32.0 Å². The topological polar surface area (TPSA) is 73.2 Å². The summed E-state index contributed by atoms with van der Waals surface area (Å²) in [5.41, 5.74) is 1.46. The molecule has 2 fully saturated rings. The maximum atomic E-state index is 11.3. The summed E-state index contributed by atoms with van der Waals surface area (Å²) in [6.07, 6.45) is 3.07. The average molecular weight is 440 g/mol. The van der Waals surface area contributed by atoms with Crippen LogP contribution in [-0.4, -0.2) is 63.8 Å². The van der Waals surface area contributed by atoms with E-state index in [-0.39, 0.29) is 6.61 Å². The van der Waals surface area contributed by atoms with Gasteiger partial charge >= 0.3 is 0 Å². The Hall–Kier alpha value is -1.92. The van der Waals surface area contributed by atoms with Crippen LogP contribution in [0, 0.1) is 13.8 Å². The predicted molar refractivity (Wildman–Crippen MR) is 126 cm³/mol. The molecule has 5 heteroatoms. The summed E-state index contributed by atoms with van der Waals surface area (Å²) in [7, 11) is 0.